The van der Waals surface area contributed by atoms with Crippen molar-refractivity contribution in [1.29, 1.82) is 0 Å². The number of halogens is 3. The van der Waals surface area contributed by atoms with Crippen LogP contribution < -0.4 is 4.74 Å². The van der Waals surface area contributed by atoms with E-state index in [9.17, 15) is 18.3 Å². The average Bonchev–Trinajstić information content (AvgIpc) is 3.28. The molecule has 1 fully saturated rings. The van der Waals surface area contributed by atoms with Gasteiger partial charge in [0.05, 0.1) is 6.54 Å². The maximum absolute atomic E-state index is 14.7. The second-order valence-corrected chi connectivity index (χ2v) is 8.10. The molecule has 0 spiro atoms. The van der Waals surface area contributed by atoms with Crippen molar-refractivity contribution in [2.24, 2.45) is 0 Å². The highest BCUT2D eigenvalue weighted by Gasteiger charge is 2.43. The van der Waals surface area contributed by atoms with Crippen molar-refractivity contribution in [3.8, 4) is 5.75 Å². The third-order valence-electron chi connectivity index (χ3n) is 6.11. The summed E-state index contributed by atoms with van der Waals surface area (Å²) in [4.78, 5) is 5.92. The molecule has 6 nitrogen and oxygen atoms in total. The van der Waals surface area contributed by atoms with E-state index in [2.05, 4.69) is 10.1 Å². The number of rotatable bonds is 7. The molecule has 0 bridgehead atoms. The number of hydrogen-bond donors (Lipinski definition) is 1. The summed E-state index contributed by atoms with van der Waals surface area (Å²) in [7, 11) is 0. The summed E-state index contributed by atoms with van der Waals surface area (Å²) >= 11 is 0. The van der Waals surface area contributed by atoms with Crippen LogP contribution in [0.5, 0.6) is 5.75 Å². The van der Waals surface area contributed by atoms with Crippen molar-refractivity contribution >= 4 is 0 Å². The number of likely N-dealkylation sites (tertiary alicyclic amines) is 1. The Morgan fingerprint density at radius 3 is 2.53 bits per heavy atom. The smallest absolute Gasteiger partial charge is 0.165 e. The molecular formula is C23H25F3N4O2. The van der Waals surface area contributed by atoms with Gasteiger partial charge in [-0.15, -0.1) is 0 Å². The molecule has 4 rings (SSSR count). The third kappa shape index (κ3) is 4.63. The Bertz CT molecular complexity index is 1040. The number of aliphatic hydroxyl groups is 1. The van der Waals surface area contributed by atoms with Crippen molar-refractivity contribution in [1.82, 2.24) is 19.7 Å². The molecule has 1 aliphatic heterocycles. The van der Waals surface area contributed by atoms with Crippen LogP contribution in [0.3, 0.4) is 0 Å². The molecule has 2 aromatic carbocycles. The zero-order chi connectivity index (χ0) is 22.7. The molecule has 32 heavy (non-hydrogen) atoms. The van der Waals surface area contributed by atoms with Gasteiger partial charge < -0.3 is 9.84 Å². The topological polar surface area (TPSA) is 63.4 Å². The van der Waals surface area contributed by atoms with E-state index in [1.54, 1.807) is 25.1 Å². The number of para-hydroxylation sites is 1. The van der Waals surface area contributed by atoms with E-state index in [1.807, 2.05) is 4.90 Å². The third-order valence-corrected chi connectivity index (χ3v) is 6.11. The summed E-state index contributed by atoms with van der Waals surface area (Å²) < 4.78 is 49.4. The van der Waals surface area contributed by atoms with E-state index < -0.39 is 29.1 Å². The monoisotopic (exact) mass is 446 g/mol. The Labute approximate surface area is 184 Å². The quantitative estimate of drug-likeness (QED) is 0.602. The second-order valence-electron chi connectivity index (χ2n) is 8.10. The molecule has 2 heterocycles. The van der Waals surface area contributed by atoms with Crippen LogP contribution in [0.2, 0.25) is 0 Å². The van der Waals surface area contributed by atoms with Gasteiger partial charge in [-0.3, -0.25) is 4.90 Å². The number of benzene rings is 2. The Kier molecular flexibility index (Phi) is 6.48. The van der Waals surface area contributed by atoms with Gasteiger partial charge in [-0.2, -0.15) is 5.10 Å². The van der Waals surface area contributed by atoms with Crippen molar-refractivity contribution in [3.05, 3.63) is 78.1 Å². The first-order valence-electron chi connectivity index (χ1n) is 10.5. The van der Waals surface area contributed by atoms with E-state index in [0.717, 1.165) is 12.1 Å². The van der Waals surface area contributed by atoms with E-state index in [-0.39, 0.29) is 24.0 Å². The van der Waals surface area contributed by atoms with Crippen molar-refractivity contribution in [2.75, 3.05) is 13.1 Å². The van der Waals surface area contributed by atoms with Crippen LogP contribution in [0.4, 0.5) is 13.2 Å². The molecule has 0 aliphatic carbocycles. The van der Waals surface area contributed by atoms with Crippen molar-refractivity contribution in [2.45, 2.75) is 44.1 Å². The van der Waals surface area contributed by atoms with E-state index in [1.165, 1.54) is 29.5 Å². The largest absolute Gasteiger partial charge is 0.487 e. The van der Waals surface area contributed by atoms with Gasteiger partial charge in [0.2, 0.25) is 0 Å². The maximum atomic E-state index is 14.7. The van der Waals surface area contributed by atoms with Crippen molar-refractivity contribution < 1.29 is 23.0 Å². The highest BCUT2D eigenvalue weighted by Crippen LogP contribution is 2.34. The summed E-state index contributed by atoms with van der Waals surface area (Å²) in [6.45, 7) is 2.87. The lowest BCUT2D eigenvalue weighted by Crippen LogP contribution is -2.54. The minimum absolute atomic E-state index is 0.00775. The first-order chi connectivity index (χ1) is 15.4. The van der Waals surface area contributed by atoms with E-state index >= 15 is 0 Å². The SMILES string of the molecule is C[C@@H](N1CCC(Oc2ccccc2F)CC1)[C@](O)(Cn1cncn1)c1ccc(F)cc1F. The van der Waals surface area contributed by atoms with Gasteiger partial charge in [-0.05, 0) is 38.0 Å². The van der Waals surface area contributed by atoms with Crippen LogP contribution in [0.15, 0.2) is 55.1 Å². The fourth-order valence-electron chi connectivity index (χ4n) is 4.25. The molecule has 0 saturated carbocycles. The van der Waals surface area contributed by atoms with Crippen LogP contribution in [-0.2, 0) is 12.1 Å². The van der Waals surface area contributed by atoms with Crippen LogP contribution >= 0.6 is 0 Å². The number of aromatic nitrogens is 3. The Hall–Kier alpha value is -2.91. The molecule has 3 aromatic rings. The van der Waals surface area contributed by atoms with Gasteiger partial charge in [-0.1, -0.05) is 18.2 Å². The normalized spacial score (nSPS) is 18.3. The van der Waals surface area contributed by atoms with Gasteiger partial charge in [0.15, 0.2) is 11.6 Å². The predicted molar refractivity (Wildman–Crippen MR) is 111 cm³/mol. The second kappa shape index (κ2) is 9.30. The minimum Gasteiger partial charge on any atom is -0.487 e. The number of nitrogens with zero attached hydrogens (tertiary/aromatic N) is 4. The molecular weight excluding hydrogens is 421 g/mol. The lowest BCUT2D eigenvalue weighted by atomic mass is 9.84. The highest BCUT2D eigenvalue weighted by atomic mass is 19.1. The van der Waals surface area contributed by atoms with Gasteiger partial charge >= 0.3 is 0 Å². The van der Waals surface area contributed by atoms with Gasteiger partial charge in [-0.25, -0.2) is 22.8 Å². The molecule has 1 aromatic heterocycles. The summed E-state index contributed by atoms with van der Waals surface area (Å²) in [5, 5.41) is 15.8. The fraction of sp³-hybridized carbons (Fsp3) is 0.391. The van der Waals surface area contributed by atoms with E-state index in [0.29, 0.717) is 25.9 Å². The molecule has 1 aliphatic rings. The molecule has 2 atom stereocenters. The number of hydrogen-bond acceptors (Lipinski definition) is 5. The molecule has 1 saturated heterocycles. The standard InChI is InChI=1S/C23H25F3N4O2/c1-16(29-10-8-18(9-11-29)32-22-5-3-2-4-20(22)25)23(31,13-30-15-27-14-28-30)19-7-6-17(24)12-21(19)26/h2-7,12,14-16,18,31H,8-11,13H2,1H3/t16-,23-/m1/s1. The van der Waals surface area contributed by atoms with E-state index in [4.69, 9.17) is 4.74 Å². The van der Waals surface area contributed by atoms with Crippen LogP contribution in [-0.4, -0.2) is 50.0 Å². The fourth-order valence-corrected chi connectivity index (χ4v) is 4.25. The zero-order valence-electron chi connectivity index (χ0n) is 17.7. The van der Waals surface area contributed by atoms with Gasteiger partial charge in [0, 0.05) is 30.8 Å². The lowest BCUT2D eigenvalue weighted by molar-refractivity contribution is -0.0748. The van der Waals surface area contributed by atoms with Crippen molar-refractivity contribution in [3.63, 3.8) is 0 Å². The van der Waals surface area contributed by atoms with Crippen LogP contribution in [0.25, 0.3) is 0 Å². The molecule has 0 unspecified atom stereocenters. The first kappa shape index (κ1) is 22.3. The van der Waals surface area contributed by atoms with Crippen LogP contribution in [0, 0.1) is 17.5 Å². The lowest BCUT2D eigenvalue weighted by Gasteiger charge is -2.44. The highest BCUT2D eigenvalue weighted by molar-refractivity contribution is 5.27. The Morgan fingerprint density at radius 2 is 1.88 bits per heavy atom. The predicted octanol–water partition coefficient (Wildman–Crippen LogP) is 3.52. The maximum Gasteiger partial charge on any atom is 0.165 e. The first-order valence-corrected chi connectivity index (χ1v) is 10.5. The number of ether oxygens (including phenoxy) is 1. The molecule has 9 heteroatoms. The zero-order valence-corrected chi connectivity index (χ0v) is 17.7. The van der Waals surface area contributed by atoms with Gasteiger partial charge in [0.1, 0.15) is 36.0 Å². The average molecular weight is 446 g/mol. The Morgan fingerprint density at radius 1 is 1.12 bits per heavy atom. The number of piperidine rings is 1. The summed E-state index contributed by atoms with van der Waals surface area (Å²) in [6, 6.07) is 8.92. The molecule has 170 valence electrons. The minimum atomic E-state index is -1.69. The molecule has 1 N–H and O–H groups in total. The summed E-state index contributed by atoms with van der Waals surface area (Å²) in [5.74, 6) is -1.72. The Balaban J connectivity index is 1.51. The van der Waals surface area contributed by atoms with Gasteiger partial charge in [0.25, 0.3) is 0 Å². The molecule has 0 radical (unpaired) electrons. The summed E-state index contributed by atoms with van der Waals surface area (Å²) in [5.41, 5.74) is -1.70. The molecule has 0 amide bonds. The summed E-state index contributed by atoms with van der Waals surface area (Å²) in [6.07, 6.45) is 3.83. The van der Waals surface area contributed by atoms with Crippen LogP contribution in [0.1, 0.15) is 25.3 Å².